The van der Waals surface area contributed by atoms with Crippen molar-refractivity contribution in [2.75, 3.05) is 6.54 Å². The zero-order chi connectivity index (χ0) is 12.7. The van der Waals surface area contributed by atoms with Crippen LogP contribution < -0.4 is 5.32 Å². The lowest BCUT2D eigenvalue weighted by atomic mass is 10.0. The first-order chi connectivity index (χ1) is 8.19. The molecular weight excluding hydrogens is 237 g/mol. The van der Waals surface area contributed by atoms with Gasteiger partial charge in [-0.1, -0.05) is 44.4 Å². The first-order valence-corrected chi connectivity index (χ1v) is 6.75. The normalized spacial score (nSPS) is 12.7. The second kappa shape index (κ2) is 7.67. The summed E-state index contributed by atoms with van der Waals surface area (Å²) in [5.74, 6) is -0.330. The van der Waals surface area contributed by atoms with Crippen LogP contribution >= 0.6 is 11.6 Å². The fourth-order valence-corrected chi connectivity index (χ4v) is 1.96. The number of nitrogens with one attached hydrogen (secondary N) is 1. The average molecular weight is 258 g/mol. The number of rotatable bonds is 7. The third-order valence-electron chi connectivity index (χ3n) is 2.83. The molecular formula is C14H21ClFN. The summed E-state index contributed by atoms with van der Waals surface area (Å²) in [6.07, 6.45) is 4.42. The van der Waals surface area contributed by atoms with Crippen LogP contribution in [0.3, 0.4) is 0 Å². The Morgan fingerprint density at radius 2 is 2.06 bits per heavy atom. The van der Waals surface area contributed by atoms with Gasteiger partial charge in [0.2, 0.25) is 0 Å². The van der Waals surface area contributed by atoms with Crippen LogP contribution in [0.1, 0.15) is 51.1 Å². The Morgan fingerprint density at radius 3 is 2.65 bits per heavy atom. The van der Waals surface area contributed by atoms with E-state index in [1.807, 2.05) is 6.07 Å². The van der Waals surface area contributed by atoms with Gasteiger partial charge in [0.05, 0.1) is 5.02 Å². The van der Waals surface area contributed by atoms with Crippen LogP contribution in [0.15, 0.2) is 18.2 Å². The maximum atomic E-state index is 13.4. The SMILES string of the molecule is CCCCC(NCCC)c1ccc(Cl)c(F)c1. The highest BCUT2D eigenvalue weighted by Gasteiger charge is 2.11. The fourth-order valence-electron chi connectivity index (χ4n) is 1.84. The molecule has 1 atom stereocenters. The molecule has 1 aromatic rings. The van der Waals surface area contributed by atoms with Crippen LogP contribution in [-0.4, -0.2) is 6.54 Å². The Balaban J connectivity index is 2.75. The van der Waals surface area contributed by atoms with Crippen molar-refractivity contribution < 1.29 is 4.39 Å². The van der Waals surface area contributed by atoms with Crippen LogP contribution in [0.4, 0.5) is 4.39 Å². The first-order valence-electron chi connectivity index (χ1n) is 6.37. The summed E-state index contributed by atoms with van der Waals surface area (Å²) in [4.78, 5) is 0. The number of benzene rings is 1. The molecule has 0 radical (unpaired) electrons. The Bertz CT molecular complexity index is 333. The summed E-state index contributed by atoms with van der Waals surface area (Å²) in [5, 5.41) is 3.65. The van der Waals surface area contributed by atoms with Crippen molar-refractivity contribution in [1.29, 1.82) is 0 Å². The third-order valence-corrected chi connectivity index (χ3v) is 3.14. The molecule has 1 unspecified atom stereocenters. The maximum absolute atomic E-state index is 13.4. The molecule has 0 heterocycles. The minimum absolute atomic E-state index is 0.193. The van der Waals surface area contributed by atoms with Gasteiger partial charge in [-0.05, 0) is 37.1 Å². The molecule has 0 aliphatic rings. The van der Waals surface area contributed by atoms with Crippen molar-refractivity contribution in [2.24, 2.45) is 0 Å². The highest BCUT2D eigenvalue weighted by Crippen LogP contribution is 2.23. The summed E-state index contributed by atoms with van der Waals surface area (Å²) < 4.78 is 13.4. The maximum Gasteiger partial charge on any atom is 0.142 e. The molecule has 3 heteroatoms. The standard InChI is InChI=1S/C14H21ClFN/c1-3-5-6-14(17-9-4-2)11-7-8-12(15)13(16)10-11/h7-8,10,14,17H,3-6,9H2,1-2H3. The van der Waals surface area contributed by atoms with E-state index in [4.69, 9.17) is 11.6 Å². The van der Waals surface area contributed by atoms with Gasteiger partial charge in [0.25, 0.3) is 0 Å². The first kappa shape index (κ1) is 14.5. The molecule has 1 N–H and O–H groups in total. The lowest BCUT2D eigenvalue weighted by Crippen LogP contribution is -2.22. The largest absolute Gasteiger partial charge is 0.310 e. The molecule has 1 nitrogen and oxygen atoms in total. The highest BCUT2D eigenvalue weighted by molar-refractivity contribution is 6.30. The van der Waals surface area contributed by atoms with E-state index in [0.717, 1.165) is 37.8 Å². The number of halogens is 2. The number of unbranched alkanes of at least 4 members (excludes halogenated alkanes) is 1. The molecule has 0 spiro atoms. The molecule has 1 aromatic carbocycles. The van der Waals surface area contributed by atoms with Crippen LogP contribution in [0.2, 0.25) is 5.02 Å². The van der Waals surface area contributed by atoms with E-state index in [1.165, 1.54) is 0 Å². The number of hydrogen-bond acceptors (Lipinski definition) is 1. The topological polar surface area (TPSA) is 12.0 Å². The van der Waals surface area contributed by atoms with Gasteiger partial charge in [0.1, 0.15) is 5.82 Å². The minimum Gasteiger partial charge on any atom is -0.310 e. The second-order valence-electron chi connectivity index (χ2n) is 4.32. The van der Waals surface area contributed by atoms with Gasteiger partial charge in [-0.2, -0.15) is 0 Å². The summed E-state index contributed by atoms with van der Waals surface area (Å²) in [6, 6.07) is 5.33. The molecule has 0 amide bonds. The van der Waals surface area contributed by atoms with Crippen LogP contribution in [-0.2, 0) is 0 Å². The zero-order valence-corrected chi connectivity index (χ0v) is 11.4. The Kier molecular flexibility index (Phi) is 6.53. The summed E-state index contributed by atoms with van der Waals surface area (Å²) in [6.45, 7) is 5.25. The van der Waals surface area contributed by atoms with Gasteiger partial charge in [0.15, 0.2) is 0 Å². The Hall–Kier alpha value is -0.600. The predicted molar refractivity (Wildman–Crippen MR) is 72.0 cm³/mol. The van der Waals surface area contributed by atoms with Crippen LogP contribution in [0.25, 0.3) is 0 Å². The molecule has 0 saturated heterocycles. The van der Waals surface area contributed by atoms with Crippen molar-refractivity contribution >= 4 is 11.6 Å². The summed E-state index contributed by atoms with van der Waals surface area (Å²) in [7, 11) is 0. The van der Waals surface area contributed by atoms with Crippen molar-refractivity contribution in [1.82, 2.24) is 5.32 Å². The fraction of sp³-hybridized carbons (Fsp3) is 0.571. The minimum atomic E-state index is -0.330. The third kappa shape index (κ3) is 4.64. The molecule has 1 rings (SSSR count). The second-order valence-corrected chi connectivity index (χ2v) is 4.73. The Labute approximate surface area is 108 Å². The molecule has 17 heavy (non-hydrogen) atoms. The van der Waals surface area contributed by atoms with E-state index in [0.29, 0.717) is 0 Å². The monoisotopic (exact) mass is 257 g/mol. The lowest BCUT2D eigenvalue weighted by molar-refractivity contribution is 0.478. The molecule has 0 bridgehead atoms. The van der Waals surface area contributed by atoms with E-state index in [2.05, 4.69) is 19.2 Å². The van der Waals surface area contributed by atoms with Crippen LogP contribution in [0.5, 0.6) is 0 Å². The van der Waals surface area contributed by atoms with Gasteiger partial charge < -0.3 is 5.32 Å². The summed E-state index contributed by atoms with van der Waals surface area (Å²) in [5.41, 5.74) is 0.994. The predicted octanol–water partition coefficient (Wildman–Crippen LogP) is 4.71. The van der Waals surface area contributed by atoms with Crippen molar-refractivity contribution in [3.63, 3.8) is 0 Å². The smallest absolute Gasteiger partial charge is 0.142 e. The van der Waals surface area contributed by atoms with Crippen molar-refractivity contribution in [2.45, 2.75) is 45.6 Å². The zero-order valence-electron chi connectivity index (χ0n) is 10.6. The van der Waals surface area contributed by atoms with E-state index < -0.39 is 0 Å². The van der Waals surface area contributed by atoms with Gasteiger partial charge in [-0.3, -0.25) is 0 Å². The van der Waals surface area contributed by atoms with E-state index in [-0.39, 0.29) is 16.9 Å². The molecule has 0 saturated carbocycles. The van der Waals surface area contributed by atoms with Gasteiger partial charge in [-0.15, -0.1) is 0 Å². The Morgan fingerprint density at radius 1 is 1.29 bits per heavy atom. The molecule has 0 fully saturated rings. The highest BCUT2D eigenvalue weighted by atomic mass is 35.5. The lowest BCUT2D eigenvalue weighted by Gasteiger charge is -2.19. The number of hydrogen-bond donors (Lipinski definition) is 1. The molecule has 96 valence electrons. The van der Waals surface area contributed by atoms with E-state index >= 15 is 0 Å². The van der Waals surface area contributed by atoms with Gasteiger partial charge in [-0.25, -0.2) is 4.39 Å². The van der Waals surface area contributed by atoms with Crippen molar-refractivity contribution in [3.8, 4) is 0 Å². The van der Waals surface area contributed by atoms with Crippen LogP contribution in [0, 0.1) is 5.82 Å². The van der Waals surface area contributed by atoms with E-state index in [1.54, 1.807) is 12.1 Å². The van der Waals surface area contributed by atoms with Crippen molar-refractivity contribution in [3.05, 3.63) is 34.6 Å². The van der Waals surface area contributed by atoms with E-state index in [9.17, 15) is 4.39 Å². The quantitative estimate of drug-likeness (QED) is 0.746. The van der Waals surface area contributed by atoms with Gasteiger partial charge in [0, 0.05) is 6.04 Å². The molecule has 0 aliphatic heterocycles. The molecule has 0 aromatic heterocycles. The molecule has 0 aliphatic carbocycles. The average Bonchev–Trinajstić information content (AvgIpc) is 2.33. The summed E-state index contributed by atoms with van der Waals surface area (Å²) >= 11 is 5.70. The van der Waals surface area contributed by atoms with Gasteiger partial charge >= 0.3 is 0 Å².